The molecule has 1 aromatic heterocycles. The van der Waals surface area contributed by atoms with Gasteiger partial charge in [0.2, 0.25) is 0 Å². The Hall–Kier alpha value is -2.51. The minimum atomic E-state index is -5.14. The van der Waals surface area contributed by atoms with Crippen LogP contribution in [0.25, 0.3) is 11.0 Å². The number of carbonyl (C=O) groups is 2. The first-order valence-electron chi connectivity index (χ1n) is 5.85. The number of rotatable bonds is 4. The average Bonchev–Trinajstić information content (AvgIpc) is 2.78. The summed E-state index contributed by atoms with van der Waals surface area (Å²) in [6.07, 6.45) is -5.52. The van der Waals surface area contributed by atoms with E-state index in [0.29, 0.717) is 11.0 Å². The van der Waals surface area contributed by atoms with Crippen molar-refractivity contribution in [3.63, 3.8) is 0 Å². The number of nitrogens with one attached hydrogen (secondary N) is 1. The van der Waals surface area contributed by atoms with Gasteiger partial charge in [-0.25, -0.2) is 4.79 Å². The van der Waals surface area contributed by atoms with E-state index < -0.39 is 24.1 Å². The van der Waals surface area contributed by atoms with Gasteiger partial charge in [-0.3, -0.25) is 4.79 Å². The maximum absolute atomic E-state index is 12.2. The molecule has 1 heterocycles. The summed E-state index contributed by atoms with van der Waals surface area (Å²) in [5.74, 6) is -3.70. The number of fused-ring (bicyclic) bond motifs is 1. The second-order valence-electron chi connectivity index (χ2n) is 4.32. The largest absolute Gasteiger partial charge is 0.480 e. The zero-order valence-electron chi connectivity index (χ0n) is 10.5. The van der Waals surface area contributed by atoms with Crippen LogP contribution in [-0.2, 0) is 16.0 Å². The summed E-state index contributed by atoms with van der Waals surface area (Å²) >= 11 is 0. The zero-order chi connectivity index (χ0) is 15.6. The number of carbonyl (C=O) groups excluding carboxylic acids is 1. The molecular formula is C13H10F3NO4. The molecule has 2 rings (SSSR count). The van der Waals surface area contributed by atoms with E-state index in [-0.39, 0.29) is 12.2 Å². The molecule has 0 saturated heterocycles. The number of carboxylic acids is 1. The number of hydrogen-bond donors (Lipinski definition) is 2. The van der Waals surface area contributed by atoms with Crippen molar-refractivity contribution in [1.82, 2.24) is 5.32 Å². The second-order valence-corrected chi connectivity index (χ2v) is 4.32. The van der Waals surface area contributed by atoms with Crippen LogP contribution < -0.4 is 5.32 Å². The molecule has 1 unspecified atom stereocenters. The third kappa shape index (κ3) is 3.53. The van der Waals surface area contributed by atoms with E-state index in [4.69, 9.17) is 9.52 Å². The van der Waals surface area contributed by atoms with Crippen molar-refractivity contribution in [2.45, 2.75) is 18.6 Å². The fourth-order valence-corrected chi connectivity index (χ4v) is 1.78. The van der Waals surface area contributed by atoms with Crippen molar-refractivity contribution >= 4 is 22.8 Å². The van der Waals surface area contributed by atoms with Crippen molar-refractivity contribution in [2.75, 3.05) is 0 Å². The van der Waals surface area contributed by atoms with Gasteiger partial charge in [0.1, 0.15) is 17.4 Å². The number of carboxylic acid groups (broad SMARTS) is 1. The van der Waals surface area contributed by atoms with Crippen molar-refractivity contribution in [3.05, 3.63) is 36.1 Å². The van der Waals surface area contributed by atoms with Gasteiger partial charge >= 0.3 is 18.1 Å². The minimum Gasteiger partial charge on any atom is -0.480 e. The molecule has 1 atom stereocenters. The highest BCUT2D eigenvalue weighted by Crippen LogP contribution is 2.20. The highest BCUT2D eigenvalue weighted by molar-refractivity contribution is 5.87. The van der Waals surface area contributed by atoms with Crippen LogP contribution in [0, 0.1) is 0 Å². The zero-order valence-corrected chi connectivity index (χ0v) is 10.5. The summed E-state index contributed by atoms with van der Waals surface area (Å²) in [5.41, 5.74) is 0.485. The molecule has 0 aliphatic rings. The quantitative estimate of drug-likeness (QED) is 0.906. The lowest BCUT2D eigenvalue weighted by Gasteiger charge is -2.14. The van der Waals surface area contributed by atoms with Crippen LogP contribution in [0.5, 0.6) is 0 Å². The highest BCUT2D eigenvalue weighted by Gasteiger charge is 2.41. The third-order valence-electron chi connectivity index (χ3n) is 2.74. The van der Waals surface area contributed by atoms with Crippen LogP contribution in [-0.4, -0.2) is 29.2 Å². The number of para-hydroxylation sites is 1. The molecule has 112 valence electrons. The Morgan fingerprint density at radius 1 is 1.29 bits per heavy atom. The molecule has 21 heavy (non-hydrogen) atoms. The van der Waals surface area contributed by atoms with Crippen LogP contribution >= 0.6 is 0 Å². The van der Waals surface area contributed by atoms with E-state index in [2.05, 4.69) is 0 Å². The van der Waals surface area contributed by atoms with Gasteiger partial charge in [0.25, 0.3) is 0 Å². The number of benzene rings is 1. The van der Waals surface area contributed by atoms with E-state index in [1.165, 1.54) is 11.4 Å². The summed E-state index contributed by atoms with van der Waals surface area (Å²) in [5, 5.41) is 11.0. The van der Waals surface area contributed by atoms with E-state index in [0.717, 1.165) is 0 Å². The molecule has 5 nitrogen and oxygen atoms in total. The van der Waals surface area contributed by atoms with Crippen LogP contribution in [0.15, 0.2) is 34.7 Å². The van der Waals surface area contributed by atoms with Crippen LogP contribution in [0.4, 0.5) is 13.2 Å². The minimum absolute atomic E-state index is 0.172. The van der Waals surface area contributed by atoms with E-state index >= 15 is 0 Å². The number of alkyl halides is 3. The highest BCUT2D eigenvalue weighted by atomic mass is 19.4. The maximum atomic E-state index is 12.2. The van der Waals surface area contributed by atoms with Crippen molar-refractivity contribution in [3.8, 4) is 0 Å². The maximum Gasteiger partial charge on any atom is 0.471 e. The first-order valence-corrected chi connectivity index (χ1v) is 5.85. The summed E-state index contributed by atoms with van der Waals surface area (Å²) in [7, 11) is 0. The first-order chi connectivity index (χ1) is 9.77. The smallest absolute Gasteiger partial charge is 0.471 e. The molecule has 0 fully saturated rings. The molecule has 8 heteroatoms. The van der Waals surface area contributed by atoms with Crippen molar-refractivity contribution in [1.29, 1.82) is 0 Å². The molecule has 0 aliphatic heterocycles. The van der Waals surface area contributed by atoms with E-state index in [1.807, 2.05) is 0 Å². The Labute approximate surface area is 116 Å². The van der Waals surface area contributed by atoms with Crippen molar-refractivity contribution in [2.24, 2.45) is 0 Å². The molecule has 0 radical (unpaired) electrons. The first kappa shape index (κ1) is 14.9. The lowest BCUT2D eigenvalue weighted by molar-refractivity contribution is -0.175. The summed E-state index contributed by atoms with van der Waals surface area (Å²) in [4.78, 5) is 21.8. The van der Waals surface area contributed by atoms with Gasteiger partial charge in [0.15, 0.2) is 0 Å². The van der Waals surface area contributed by atoms with Crippen LogP contribution in [0.2, 0.25) is 0 Å². The van der Waals surface area contributed by atoms with Crippen molar-refractivity contribution < 1.29 is 32.3 Å². The molecule has 1 aromatic carbocycles. The molecule has 0 saturated carbocycles. The van der Waals surface area contributed by atoms with Gasteiger partial charge in [0.05, 0.1) is 0 Å². The summed E-state index contributed by atoms with van der Waals surface area (Å²) in [6.45, 7) is 0. The molecular weight excluding hydrogens is 291 g/mol. The Kier molecular flexibility index (Phi) is 3.88. The fourth-order valence-electron chi connectivity index (χ4n) is 1.78. The van der Waals surface area contributed by atoms with Gasteiger partial charge in [-0.1, -0.05) is 18.2 Å². The normalized spacial score (nSPS) is 13.1. The Morgan fingerprint density at radius 3 is 2.52 bits per heavy atom. The number of halogens is 3. The predicted octanol–water partition coefficient (Wildman–Crippen LogP) is 2.11. The molecule has 0 spiro atoms. The summed E-state index contributed by atoms with van der Waals surface area (Å²) < 4.78 is 41.8. The number of furan rings is 1. The Morgan fingerprint density at radius 2 is 1.95 bits per heavy atom. The number of amides is 1. The van der Waals surface area contributed by atoms with Crippen LogP contribution in [0.3, 0.4) is 0 Å². The Bertz CT molecular complexity index is 644. The summed E-state index contributed by atoms with van der Waals surface area (Å²) in [6, 6.07) is 6.59. The van der Waals surface area contributed by atoms with Gasteiger partial charge in [0, 0.05) is 11.8 Å². The van der Waals surface area contributed by atoms with Gasteiger partial charge in [-0.15, -0.1) is 0 Å². The van der Waals surface area contributed by atoms with Gasteiger partial charge < -0.3 is 14.8 Å². The average molecular weight is 301 g/mol. The lowest BCUT2D eigenvalue weighted by Crippen LogP contribution is -2.47. The fraction of sp³-hybridized carbons (Fsp3) is 0.231. The van der Waals surface area contributed by atoms with Gasteiger partial charge in [-0.05, 0) is 12.1 Å². The van der Waals surface area contributed by atoms with Gasteiger partial charge in [-0.2, -0.15) is 13.2 Å². The second kappa shape index (κ2) is 5.47. The predicted molar refractivity (Wildman–Crippen MR) is 65.5 cm³/mol. The van der Waals surface area contributed by atoms with E-state index in [1.54, 1.807) is 24.3 Å². The van der Waals surface area contributed by atoms with E-state index in [9.17, 15) is 22.8 Å². The molecule has 2 N–H and O–H groups in total. The third-order valence-corrected chi connectivity index (χ3v) is 2.74. The van der Waals surface area contributed by atoms with Crippen LogP contribution in [0.1, 0.15) is 5.76 Å². The number of aliphatic carboxylic acids is 1. The Balaban J connectivity index is 2.16. The molecule has 1 amide bonds. The molecule has 2 aromatic rings. The number of hydrogen-bond acceptors (Lipinski definition) is 3. The topological polar surface area (TPSA) is 79.5 Å². The lowest BCUT2D eigenvalue weighted by atomic mass is 10.1. The SMILES string of the molecule is O=C(O)C(Cc1cc2ccccc2o1)NC(=O)C(F)(F)F. The molecule has 0 bridgehead atoms. The molecule has 0 aliphatic carbocycles. The monoisotopic (exact) mass is 301 g/mol. The standard InChI is InChI=1S/C13H10F3NO4/c14-13(15,16)12(20)17-9(11(18)19)6-8-5-7-3-1-2-4-10(7)21-8/h1-5,9H,6H2,(H,17,20)(H,18,19).